The van der Waals surface area contributed by atoms with Crippen molar-refractivity contribution in [3.8, 4) is 6.07 Å². The highest BCUT2D eigenvalue weighted by Gasteiger charge is 2.09. The van der Waals surface area contributed by atoms with E-state index in [1.807, 2.05) is 61.7 Å². The summed E-state index contributed by atoms with van der Waals surface area (Å²) < 4.78 is 0. The summed E-state index contributed by atoms with van der Waals surface area (Å²) in [6.45, 7) is 1.94. The van der Waals surface area contributed by atoms with E-state index < -0.39 is 5.91 Å². The number of anilines is 2. The number of benzene rings is 2. The van der Waals surface area contributed by atoms with Crippen LogP contribution in [0.15, 0.2) is 65.2 Å². The average Bonchev–Trinajstić information content (AvgIpc) is 2.55. The van der Waals surface area contributed by atoms with Crippen molar-refractivity contribution in [2.24, 2.45) is 0 Å². The van der Waals surface area contributed by atoms with E-state index in [2.05, 4.69) is 10.6 Å². The first-order valence-electron chi connectivity index (χ1n) is 7.01. The Morgan fingerprint density at radius 2 is 1.91 bits per heavy atom. The lowest BCUT2D eigenvalue weighted by molar-refractivity contribution is -0.112. The van der Waals surface area contributed by atoms with Crippen LogP contribution in [0.25, 0.3) is 0 Å². The fraction of sp³-hybridized carbons (Fsp3) is 0.111. The molecule has 0 spiro atoms. The first kappa shape index (κ1) is 16.7. The number of amides is 1. The van der Waals surface area contributed by atoms with Crippen LogP contribution in [0, 0.1) is 18.3 Å². The van der Waals surface area contributed by atoms with E-state index in [0.717, 1.165) is 16.1 Å². The Labute approximate surface area is 140 Å². The number of carbonyl (C=O) groups is 1. The lowest BCUT2D eigenvalue weighted by Crippen LogP contribution is -2.14. The Balaban J connectivity index is 2.09. The molecule has 1 amide bonds. The number of rotatable bonds is 5. The van der Waals surface area contributed by atoms with E-state index in [9.17, 15) is 10.1 Å². The molecular formula is C18H17N3OS. The van der Waals surface area contributed by atoms with Gasteiger partial charge in [-0.2, -0.15) is 5.26 Å². The molecule has 2 rings (SSSR count). The van der Waals surface area contributed by atoms with Gasteiger partial charge >= 0.3 is 0 Å². The molecule has 4 nitrogen and oxygen atoms in total. The maximum Gasteiger partial charge on any atom is 0.267 e. The summed E-state index contributed by atoms with van der Waals surface area (Å²) in [5, 5.41) is 14.9. The second-order valence-electron chi connectivity index (χ2n) is 4.87. The Morgan fingerprint density at radius 3 is 2.61 bits per heavy atom. The lowest BCUT2D eigenvalue weighted by atomic mass is 10.2. The van der Waals surface area contributed by atoms with Crippen molar-refractivity contribution < 1.29 is 4.79 Å². The van der Waals surface area contributed by atoms with Crippen LogP contribution in [0.1, 0.15) is 5.56 Å². The highest BCUT2D eigenvalue weighted by Crippen LogP contribution is 2.19. The number of carbonyl (C=O) groups excluding carboxylic acids is 1. The average molecular weight is 323 g/mol. The van der Waals surface area contributed by atoms with E-state index in [-0.39, 0.29) is 5.57 Å². The minimum Gasteiger partial charge on any atom is -0.360 e. The standard InChI is InChI=1S/C18H17N3OS/c1-13-5-3-7-16(9-13)21-18(22)14(11-19)12-20-15-6-4-8-17(10-15)23-2/h3-10,12,20H,1-2H3,(H,21,22)/b14-12-. The normalized spacial score (nSPS) is 10.7. The fourth-order valence-corrected chi connectivity index (χ4v) is 2.40. The largest absolute Gasteiger partial charge is 0.360 e. The third kappa shape index (κ3) is 4.90. The summed E-state index contributed by atoms with van der Waals surface area (Å²) in [6, 6.07) is 17.1. The first-order valence-corrected chi connectivity index (χ1v) is 8.23. The smallest absolute Gasteiger partial charge is 0.267 e. The van der Waals surface area contributed by atoms with Gasteiger partial charge in [-0.1, -0.05) is 18.2 Å². The summed E-state index contributed by atoms with van der Waals surface area (Å²) in [5.74, 6) is -0.438. The lowest BCUT2D eigenvalue weighted by Gasteiger charge is -2.06. The molecule has 0 aromatic heterocycles. The molecular weight excluding hydrogens is 306 g/mol. The van der Waals surface area contributed by atoms with Gasteiger partial charge in [0, 0.05) is 22.5 Å². The minimum atomic E-state index is -0.438. The maximum atomic E-state index is 12.2. The number of nitriles is 1. The third-order valence-corrected chi connectivity index (χ3v) is 3.82. The molecule has 0 atom stereocenters. The van der Waals surface area contributed by atoms with Crippen LogP contribution >= 0.6 is 11.8 Å². The highest BCUT2D eigenvalue weighted by atomic mass is 32.2. The monoisotopic (exact) mass is 323 g/mol. The van der Waals surface area contributed by atoms with Crippen LogP contribution in [0.2, 0.25) is 0 Å². The molecule has 2 aromatic rings. The second kappa shape index (κ2) is 8.06. The molecule has 2 aromatic carbocycles. The Hall–Kier alpha value is -2.71. The molecule has 0 unspecified atom stereocenters. The fourth-order valence-electron chi connectivity index (χ4n) is 1.94. The van der Waals surface area contributed by atoms with Crippen LogP contribution in [-0.2, 0) is 4.79 Å². The Kier molecular flexibility index (Phi) is 5.84. The second-order valence-corrected chi connectivity index (χ2v) is 5.75. The van der Waals surface area contributed by atoms with Gasteiger partial charge in [-0.15, -0.1) is 11.8 Å². The minimum absolute atomic E-state index is 0.0149. The molecule has 5 heteroatoms. The van der Waals surface area contributed by atoms with E-state index in [4.69, 9.17) is 0 Å². The Bertz CT molecular complexity index is 778. The van der Waals surface area contributed by atoms with Gasteiger partial charge in [0.05, 0.1) is 0 Å². The van der Waals surface area contributed by atoms with Gasteiger partial charge in [-0.05, 0) is 49.1 Å². The molecule has 0 saturated carbocycles. The third-order valence-electron chi connectivity index (χ3n) is 3.09. The SMILES string of the molecule is CSc1cccc(N/C=C(/C#N)C(=O)Nc2cccc(C)c2)c1. The molecule has 0 heterocycles. The molecule has 2 N–H and O–H groups in total. The summed E-state index contributed by atoms with van der Waals surface area (Å²) in [7, 11) is 0. The Morgan fingerprint density at radius 1 is 1.17 bits per heavy atom. The number of aryl methyl sites for hydroxylation is 1. The van der Waals surface area contributed by atoms with Gasteiger partial charge < -0.3 is 10.6 Å². The van der Waals surface area contributed by atoms with Crippen molar-refractivity contribution in [2.45, 2.75) is 11.8 Å². The summed E-state index contributed by atoms with van der Waals surface area (Å²) in [6.07, 6.45) is 3.41. The van der Waals surface area contributed by atoms with Crippen LogP contribution < -0.4 is 10.6 Å². The van der Waals surface area contributed by atoms with Crippen LogP contribution in [-0.4, -0.2) is 12.2 Å². The maximum absolute atomic E-state index is 12.2. The topological polar surface area (TPSA) is 64.9 Å². The predicted molar refractivity (Wildman–Crippen MR) is 95.4 cm³/mol. The van der Waals surface area contributed by atoms with Crippen molar-refractivity contribution >= 4 is 29.0 Å². The van der Waals surface area contributed by atoms with Crippen LogP contribution in [0.5, 0.6) is 0 Å². The molecule has 0 aliphatic carbocycles. The van der Waals surface area contributed by atoms with Gasteiger partial charge in [-0.3, -0.25) is 4.79 Å². The zero-order valence-corrected chi connectivity index (χ0v) is 13.8. The molecule has 0 radical (unpaired) electrons. The summed E-state index contributed by atoms with van der Waals surface area (Å²) in [5.41, 5.74) is 2.55. The molecule has 0 fully saturated rings. The molecule has 0 bridgehead atoms. The van der Waals surface area contributed by atoms with Crippen molar-refractivity contribution in [3.05, 3.63) is 65.9 Å². The molecule has 0 aliphatic heterocycles. The van der Waals surface area contributed by atoms with Gasteiger partial charge in [0.2, 0.25) is 0 Å². The van der Waals surface area contributed by atoms with Gasteiger partial charge in [-0.25, -0.2) is 0 Å². The summed E-state index contributed by atoms with van der Waals surface area (Å²) in [4.78, 5) is 13.3. The first-order chi connectivity index (χ1) is 11.1. The highest BCUT2D eigenvalue weighted by molar-refractivity contribution is 7.98. The van der Waals surface area contributed by atoms with Gasteiger partial charge in [0.1, 0.15) is 11.6 Å². The molecule has 0 saturated heterocycles. The number of hydrogen-bond donors (Lipinski definition) is 2. The van der Waals surface area contributed by atoms with Crippen molar-refractivity contribution in [1.29, 1.82) is 5.26 Å². The van der Waals surface area contributed by atoms with Crippen LogP contribution in [0.4, 0.5) is 11.4 Å². The van der Waals surface area contributed by atoms with E-state index >= 15 is 0 Å². The number of nitrogens with zero attached hydrogens (tertiary/aromatic N) is 1. The molecule has 23 heavy (non-hydrogen) atoms. The predicted octanol–water partition coefficient (Wildman–Crippen LogP) is 4.18. The molecule has 0 aliphatic rings. The number of thioether (sulfide) groups is 1. The van der Waals surface area contributed by atoms with Crippen molar-refractivity contribution in [2.75, 3.05) is 16.9 Å². The van der Waals surface area contributed by atoms with E-state index in [1.165, 1.54) is 6.20 Å². The van der Waals surface area contributed by atoms with Gasteiger partial charge in [0.15, 0.2) is 0 Å². The van der Waals surface area contributed by atoms with Crippen molar-refractivity contribution in [1.82, 2.24) is 0 Å². The van der Waals surface area contributed by atoms with Gasteiger partial charge in [0.25, 0.3) is 5.91 Å². The summed E-state index contributed by atoms with van der Waals surface area (Å²) >= 11 is 1.63. The zero-order chi connectivity index (χ0) is 16.7. The number of nitrogens with one attached hydrogen (secondary N) is 2. The van der Waals surface area contributed by atoms with Crippen LogP contribution in [0.3, 0.4) is 0 Å². The van der Waals surface area contributed by atoms with E-state index in [0.29, 0.717) is 5.69 Å². The quantitative estimate of drug-likeness (QED) is 0.492. The molecule has 116 valence electrons. The van der Waals surface area contributed by atoms with E-state index in [1.54, 1.807) is 17.8 Å². The zero-order valence-electron chi connectivity index (χ0n) is 13.0. The van der Waals surface area contributed by atoms with Crippen molar-refractivity contribution in [3.63, 3.8) is 0 Å². The number of hydrogen-bond acceptors (Lipinski definition) is 4.